The number of oxime groups is 1. The second kappa shape index (κ2) is 7.63. The minimum absolute atomic E-state index is 0.0705. The SMILES string of the molecule is N/C(=N/O)c1ccc(N2CCC(OCCO)CC2)c(Br)c1. The molecule has 2 rings (SSSR count). The fourth-order valence-corrected chi connectivity index (χ4v) is 3.09. The maximum absolute atomic E-state index is 8.78. The van der Waals surface area contributed by atoms with Gasteiger partial charge in [-0.15, -0.1) is 0 Å². The lowest BCUT2D eigenvalue weighted by Gasteiger charge is -2.34. The van der Waals surface area contributed by atoms with Crippen LogP contribution in [-0.2, 0) is 4.74 Å². The Bertz CT molecular complexity index is 502. The van der Waals surface area contributed by atoms with E-state index >= 15 is 0 Å². The summed E-state index contributed by atoms with van der Waals surface area (Å²) in [5.41, 5.74) is 7.35. The van der Waals surface area contributed by atoms with Crippen LogP contribution < -0.4 is 10.6 Å². The number of hydrogen-bond donors (Lipinski definition) is 3. The summed E-state index contributed by atoms with van der Waals surface area (Å²) in [5, 5.41) is 20.5. The molecule has 0 aliphatic carbocycles. The van der Waals surface area contributed by atoms with Crippen molar-refractivity contribution in [3.8, 4) is 0 Å². The molecule has 0 amide bonds. The Kier molecular flexibility index (Phi) is 5.84. The molecular weight excluding hydrogens is 338 g/mol. The molecule has 116 valence electrons. The summed E-state index contributed by atoms with van der Waals surface area (Å²) in [6.45, 7) is 2.28. The van der Waals surface area contributed by atoms with Gasteiger partial charge in [0.15, 0.2) is 5.84 Å². The Hall–Kier alpha value is -1.31. The van der Waals surface area contributed by atoms with Gasteiger partial charge in [-0.25, -0.2) is 0 Å². The van der Waals surface area contributed by atoms with Crippen LogP contribution >= 0.6 is 15.9 Å². The number of benzene rings is 1. The normalized spacial score (nSPS) is 17.2. The molecule has 0 unspecified atom stereocenters. The van der Waals surface area contributed by atoms with Gasteiger partial charge < -0.3 is 25.7 Å². The number of halogens is 1. The predicted octanol–water partition coefficient (Wildman–Crippen LogP) is 1.52. The zero-order chi connectivity index (χ0) is 15.2. The lowest BCUT2D eigenvalue weighted by atomic mass is 10.1. The smallest absolute Gasteiger partial charge is 0.170 e. The van der Waals surface area contributed by atoms with Gasteiger partial charge in [-0.1, -0.05) is 5.16 Å². The molecule has 1 aliphatic rings. The van der Waals surface area contributed by atoms with Gasteiger partial charge in [0.1, 0.15) is 0 Å². The van der Waals surface area contributed by atoms with Crippen molar-refractivity contribution < 1.29 is 15.1 Å². The number of ether oxygens (including phenoxy) is 1. The molecule has 0 bridgehead atoms. The summed E-state index contributed by atoms with van der Waals surface area (Å²) in [6, 6.07) is 5.65. The first-order chi connectivity index (χ1) is 10.2. The van der Waals surface area contributed by atoms with Crippen molar-refractivity contribution in [3.05, 3.63) is 28.2 Å². The molecular formula is C14H20BrN3O3. The van der Waals surface area contributed by atoms with Crippen molar-refractivity contribution >= 4 is 27.5 Å². The number of amidine groups is 1. The summed E-state index contributed by atoms with van der Waals surface area (Å²) >= 11 is 3.54. The summed E-state index contributed by atoms with van der Waals surface area (Å²) in [4.78, 5) is 2.28. The maximum Gasteiger partial charge on any atom is 0.170 e. The average Bonchev–Trinajstić information content (AvgIpc) is 2.52. The first-order valence-electron chi connectivity index (χ1n) is 6.90. The van der Waals surface area contributed by atoms with E-state index in [9.17, 15) is 0 Å². The third-order valence-corrected chi connectivity index (χ3v) is 4.21. The van der Waals surface area contributed by atoms with Gasteiger partial charge in [-0.3, -0.25) is 0 Å². The van der Waals surface area contributed by atoms with Crippen LogP contribution in [0.2, 0.25) is 0 Å². The second-order valence-electron chi connectivity index (χ2n) is 4.93. The Labute approximate surface area is 132 Å². The number of hydrogen-bond acceptors (Lipinski definition) is 5. The highest BCUT2D eigenvalue weighted by atomic mass is 79.9. The van der Waals surface area contributed by atoms with Crippen molar-refractivity contribution in [1.82, 2.24) is 0 Å². The number of rotatable bonds is 5. The van der Waals surface area contributed by atoms with E-state index in [1.54, 1.807) is 0 Å². The second-order valence-corrected chi connectivity index (χ2v) is 5.79. The van der Waals surface area contributed by atoms with Gasteiger partial charge in [0.2, 0.25) is 0 Å². The predicted molar refractivity (Wildman–Crippen MR) is 84.9 cm³/mol. The standard InChI is InChI=1S/C14H20BrN3O3/c15-12-9-10(14(16)17-20)1-2-13(12)18-5-3-11(4-6-18)21-8-7-19/h1-2,9,11,19-20H,3-8H2,(H2,16,17). The van der Waals surface area contributed by atoms with Crippen LogP contribution in [-0.4, -0.2) is 48.6 Å². The fourth-order valence-electron chi connectivity index (χ4n) is 2.46. The zero-order valence-corrected chi connectivity index (χ0v) is 13.3. The quantitative estimate of drug-likeness (QED) is 0.321. The first-order valence-corrected chi connectivity index (χ1v) is 7.70. The van der Waals surface area contributed by atoms with Crippen LogP contribution in [0.15, 0.2) is 27.8 Å². The molecule has 0 radical (unpaired) electrons. The summed E-state index contributed by atoms with van der Waals surface area (Å²) in [6.07, 6.45) is 2.10. The van der Waals surface area contributed by atoms with Crippen LogP contribution in [0.5, 0.6) is 0 Å². The molecule has 1 aromatic rings. The molecule has 6 nitrogen and oxygen atoms in total. The molecule has 1 fully saturated rings. The number of piperidine rings is 1. The van der Waals surface area contributed by atoms with Crippen LogP contribution in [0.25, 0.3) is 0 Å². The lowest BCUT2D eigenvalue weighted by Crippen LogP contribution is -2.37. The van der Waals surface area contributed by atoms with Crippen molar-refractivity contribution in [2.24, 2.45) is 10.9 Å². The van der Waals surface area contributed by atoms with E-state index in [1.165, 1.54) is 0 Å². The van der Waals surface area contributed by atoms with Crippen molar-refractivity contribution in [2.45, 2.75) is 18.9 Å². The summed E-state index contributed by atoms with van der Waals surface area (Å²) in [5.74, 6) is 0.0957. The van der Waals surface area contributed by atoms with Gasteiger partial charge in [0.25, 0.3) is 0 Å². The maximum atomic E-state index is 8.78. The van der Waals surface area contributed by atoms with E-state index in [2.05, 4.69) is 26.0 Å². The van der Waals surface area contributed by atoms with E-state index in [0.29, 0.717) is 12.2 Å². The minimum Gasteiger partial charge on any atom is -0.409 e. The van der Waals surface area contributed by atoms with Gasteiger partial charge in [-0.05, 0) is 47.0 Å². The van der Waals surface area contributed by atoms with E-state index in [4.69, 9.17) is 20.8 Å². The van der Waals surface area contributed by atoms with Crippen LogP contribution in [0.1, 0.15) is 18.4 Å². The molecule has 7 heteroatoms. The Balaban J connectivity index is 2.00. The van der Waals surface area contributed by atoms with E-state index in [0.717, 1.165) is 36.1 Å². The number of nitrogens with two attached hydrogens (primary N) is 1. The number of aliphatic hydroxyl groups excluding tert-OH is 1. The Morgan fingerprint density at radius 1 is 1.43 bits per heavy atom. The summed E-state index contributed by atoms with van der Waals surface area (Å²) in [7, 11) is 0. The number of nitrogens with zero attached hydrogens (tertiary/aromatic N) is 2. The van der Waals surface area contributed by atoms with Crippen molar-refractivity contribution in [1.29, 1.82) is 0 Å². The minimum atomic E-state index is 0.0705. The van der Waals surface area contributed by atoms with Crippen molar-refractivity contribution in [2.75, 3.05) is 31.2 Å². The molecule has 0 atom stereocenters. The molecule has 21 heavy (non-hydrogen) atoms. The number of anilines is 1. The molecule has 1 aromatic carbocycles. The molecule has 1 aliphatic heterocycles. The molecule has 1 heterocycles. The Morgan fingerprint density at radius 2 is 2.14 bits per heavy atom. The third-order valence-electron chi connectivity index (χ3n) is 3.58. The highest BCUT2D eigenvalue weighted by molar-refractivity contribution is 9.10. The third kappa shape index (κ3) is 4.09. The van der Waals surface area contributed by atoms with E-state index < -0.39 is 0 Å². The van der Waals surface area contributed by atoms with Gasteiger partial charge in [-0.2, -0.15) is 0 Å². The largest absolute Gasteiger partial charge is 0.409 e. The molecule has 0 aromatic heterocycles. The monoisotopic (exact) mass is 357 g/mol. The van der Waals surface area contributed by atoms with E-state index in [-0.39, 0.29) is 18.5 Å². The molecule has 0 spiro atoms. The van der Waals surface area contributed by atoms with Gasteiger partial charge >= 0.3 is 0 Å². The van der Waals surface area contributed by atoms with Crippen LogP contribution in [0.3, 0.4) is 0 Å². The molecule has 4 N–H and O–H groups in total. The topological polar surface area (TPSA) is 91.3 Å². The lowest BCUT2D eigenvalue weighted by molar-refractivity contribution is 0.0159. The summed E-state index contributed by atoms with van der Waals surface area (Å²) < 4.78 is 6.48. The number of aliphatic hydroxyl groups is 1. The van der Waals surface area contributed by atoms with Crippen LogP contribution in [0.4, 0.5) is 5.69 Å². The zero-order valence-electron chi connectivity index (χ0n) is 11.7. The van der Waals surface area contributed by atoms with Gasteiger partial charge in [0.05, 0.1) is 25.0 Å². The van der Waals surface area contributed by atoms with Crippen LogP contribution in [0, 0.1) is 0 Å². The highest BCUT2D eigenvalue weighted by Crippen LogP contribution is 2.30. The highest BCUT2D eigenvalue weighted by Gasteiger charge is 2.21. The molecule has 0 saturated carbocycles. The van der Waals surface area contributed by atoms with Crippen molar-refractivity contribution in [3.63, 3.8) is 0 Å². The van der Waals surface area contributed by atoms with E-state index in [1.807, 2.05) is 18.2 Å². The molecule has 1 saturated heterocycles. The first kappa shape index (κ1) is 16.1. The fraction of sp³-hybridized carbons (Fsp3) is 0.500. The average molecular weight is 358 g/mol. The van der Waals surface area contributed by atoms with Gasteiger partial charge in [0, 0.05) is 23.1 Å². The Morgan fingerprint density at radius 3 is 2.71 bits per heavy atom.